The number of fused-ring (bicyclic) bond motifs is 2. The number of imide groups is 1. The fourth-order valence-corrected chi connectivity index (χ4v) is 13.3. The molecule has 3 fully saturated rings. The predicted molar refractivity (Wildman–Crippen MR) is 346 cm³/mol. The van der Waals surface area contributed by atoms with Crippen LogP contribution in [0.4, 0.5) is 10.5 Å². The summed E-state index contributed by atoms with van der Waals surface area (Å²) >= 11 is 0. The zero-order chi connectivity index (χ0) is 67.3. The molecule has 2 aromatic carbocycles. The van der Waals surface area contributed by atoms with Gasteiger partial charge in [0.25, 0.3) is 11.8 Å². The van der Waals surface area contributed by atoms with Crippen molar-refractivity contribution in [2.24, 2.45) is 29.4 Å². The lowest BCUT2D eigenvalue weighted by Crippen LogP contribution is -2.56. The van der Waals surface area contributed by atoms with Gasteiger partial charge in [0.2, 0.25) is 41.4 Å². The Bertz CT molecular complexity index is 3050. The molecule has 3 aliphatic heterocycles. The Hall–Kier alpha value is -8.16. The van der Waals surface area contributed by atoms with Crippen LogP contribution in [0.5, 0.6) is 0 Å². The number of aromatic nitrogens is 2. The number of methoxy groups -OCH3 is 2. The van der Waals surface area contributed by atoms with Crippen LogP contribution in [0, 0.1) is 23.7 Å². The Morgan fingerprint density at radius 3 is 2.15 bits per heavy atom. The van der Waals surface area contributed by atoms with E-state index in [-0.39, 0.29) is 98.8 Å². The van der Waals surface area contributed by atoms with Gasteiger partial charge >= 0.3 is 6.09 Å². The highest BCUT2D eigenvalue weighted by molar-refractivity contribution is 6.12. The van der Waals surface area contributed by atoms with Crippen molar-refractivity contribution in [2.45, 2.75) is 186 Å². The van der Waals surface area contributed by atoms with Gasteiger partial charge in [-0.2, -0.15) is 0 Å². The summed E-state index contributed by atoms with van der Waals surface area (Å²) in [5, 5.41) is 14.4. The molecule has 25 heteroatoms. The lowest BCUT2D eigenvalue weighted by molar-refractivity contribution is -0.146. The van der Waals surface area contributed by atoms with E-state index < -0.39 is 84.1 Å². The van der Waals surface area contributed by atoms with E-state index in [1.807, 2.05) is 44.2 Å². The number of nitrogens with one attached hydrogen (secondary N) is 5. The molecule has 4 heterocycles. The average molecular weight is 1290 g/mol. The van der Waals surface area contributed by atoms with Gasteiger partial charge in [-0.3, -0.25) is 53.0 Å². The van der Waals surface area contributed by atoms with E-state index in [4.69, 9.17) is 19.9 Å². The number of benzene rings is 2. The maximum atomic E-state index is 14.5. The minimum atomic E-state index is -0.982. The van der Waals surface area contributed by atoms with E-state index in [9.17, 15) is 47.9 Å². The van der Waals surface area contributed by atoms with Gasteiger partial charge in [0.15, 0.2) is 5.82 Å². The molecule has 1 saturated carbocycles. The molecule has 7 rings (SSSR count). The molecular weight excluding hydrogens is 1190 g/mol. The third-order valence-corrected chi connectivity index (χ3v) is 18.6. The van der Waals surface area contributed by atoms with Crippen LogP contribution >= 0.6 is 0 Å². The minimum absolute atomic E-state index is 0.0574. The van der Waals surface area contributed by atoms with Crippen LogP contribution in [0.15, 0.2) is 85.2 Å². The zero-order valence-corrected chi connectivity index (χ0v) is 55.1. The van der Waals surface area contributed by atoms with E-state index in [0.717, 1.165) is 16.9 Å². The first-order valence-corrected chi connectivity index (χ1v) is 32.9. The van der Waals surface area contributed by atoms with E-state index in [0.29, 0.717) is 87.8 Å². The van der Waals surface area contributed by atoms with Gasteiger partial charge in [0.1, 0.15) is 24.7 Å². The number of rotatable bonds is 35. The van der Waals surface area contributed by atoms with Crippen molar-refractivity contribution in [3.8, 4) is 0 Å². The molecule has 7 N–H and O–H groups in total. The van der Waals surface area contributed by atoms with Crippen molar-refractivity contribution in [1.29, 1.82) is 0 Å². The molecule has 12 atom stereocenters. The molecule has 3 aromatic rings. The molecule has 10 amide bonds. The summed E-state index contributed by atoms with van der Waals surface area (Å²) in [5.74, 6) is -4.19. The second-order valence-electron chi connectivity index (χ2n) is 25.3. The van der Waals surface area contributed by atoms with Gasteiger partial charge in [-0.15, -0.1) is 0 Å². The summed E-state index contributed by atoms with van der Waals surface area (Å²) in [5.41, 5.74) is 7.81. The Morgan fingerprint density at radius 2 is 1.49 bits per heavy atom. The topological polar surface area (TPSA) is 323 Å². The molecule has 2 saturated heterocycles. The van der Waals surface area contributed by atoms with Crippen molar-refractivity contribution in [2.75, 3.05) is 52.8 Å². The summed E-state index contributed by atoms with van der Waals surface area (Å²) in [6.07, 6.45) is 10.5. The van der Waals surface area contributed by atoms with Crippen LogP contribution in [0.3, 0.4) is 0 Å². The number of nitrogens with two attached hydrogens (primary N) is 1. The highest BCUT2D eigenvalue weighted by Gasteiger charge is 2.52. The molecule has 0 spiro atoms. The van der Waals surface area contributed by atoms with Crippen LogP contribution in [0.1, 0.15) is 141 Å². The number of amides is 10. The quantitative estimate of drug-likeness (QED) is 0.0337. The van der Waals surface area contributed by atoms with Crippen LogP contribution in [-0.4, -0.2) is 185 Å². The number of hydrogen-bond donors (Lipinski definition) is 6. The second kappa shape index (κ2) is 35.2. The fourth-order valence-electron chi connectivity index (χ4n) is 13.3. The number of unbranched alkanes of at least 4 members (excludes halogenated alkanes) is 2. The lowest BCUT2D eigenvalue weighted by Gasteiger charge is -2.39. The van der Waals surface area contributed by atoms with Crippen LogP contribution in [0.2, 0.25) is 0 Å². The van der Waals surface area contributed by atoms with E-state index >= 15 is 0 Å². The number of ether oxygens (including phenoxy) is 3. The fraction of sp³-hybridized carbons (Fsp3) is 0.588. The molecule has 0 radical (unpaired) electrons. The third-order valence-electron chi connectivity index (χ3n) is 18.6. The van der Waals surface area contributed by atoms with E-state index in [1.54, 1.807) is 82.6 Å². The number of nitrogens with zero attached hydrogens (tertiary/aromatic N) is 6. The van der Waals surface area contributed by atoms with Gasteiger partial charge < -0.3 is 56.3 Å². The van der Waals surface area contributed by atoms with Crippen molar-refractivity contribution in [1.82, 2.24) is 50.8 Å². The number of piperidine rings is 1. The molecule has 25 nitrogen and oxygen atoms in total. The van der Waals surface area contributed by atoms with Gasteiger partial charge in [-0.1, -0.05) is 89.9 Å². The smallest absolute Gasteiger partial charge is 0.411 e. The van der Waals surface area contributed by atoms with Gasteiger partial charge in [0, 0.05) is 77.1 Å². The molecule has 1 aromatic heterocycles. The van der Waals surface area contributed by atoms with Gasteiger partial charge in [0.05, 0.1) is 49.2 Å². The zero-order valence-electron chi connectivity index (χ0n) is 55.1. The van der Waals surface area contributed by atoms with E-state index in [2.05, 4.69) is 36.6 Å². The van der Waals surface area contributed by atoms with Gasteiger partial charge in [-0.25, -0.2) is 14.8 Å². The largest absolute Gasteiger partial charge is 0.445 e. The minimum Gasteiger partial charge on any atom is -0.445 e. The lowest BCUT2D eigenvalue weighted by atomic mass is 9.90. The summed E-state index contributed by atoms with van der Waals surface area (Å²) in [7, 11) is 4.71. The first-order valence-electron chi connectivity index (χ1n) is 32.9. The number of carbonyl (C=O) groups is 10. The maximum absolute atomic E-state index is 14.5. The molecule has 93 heavy (non-hydrogen) atoms. The van der Waals surface area contributed by atoms with Crippen molar-refractivity contribution < 1.29 is 62.2 Å². The van der Waals surface area contributed by atoms with Gasteiger partial charge in [-0.05, 0) is 118 Å². The van der Waals surface area contributed by atoms with Crippen molar-refractivity contribution in [3.63, 3.8) is 0 Å². The summed E-state index contributed by atoms with van der Waals surface area (Å²) in [4.78, 5) is 150. The normalized spacial score (nSPS) is 20.1. The number of anilines is 1. The first kappa shape index (κ1) is 72.3. The number of likely N-dealkylation sites (N-methyl/N-ethyl adjacent to an activating group) is 1. The SMILES string of the molecule is CCC(C)C(C(CC(=O)N1CCCC1C(OC)C(C)C(=O)NC(Cc1ccccc1)c1ncccn1)OC)N(C)C(=O)CNC(=O)C1C2CCC(C2)N1C(=O)OCc1ccc(NC(=O)C(CCCN)NC(=O)C(NC(=O)CCCCCN2C(=O)C=CC2=O)C(C)C)cc1. The van der Waals surface area contributed by atoms with Crippen LogP contribution in [-0.2, 0) is 70.4 Å². The van der Waals surface area contributed by atoms with Crippen LogP contribution in [0.25, 0.3) is 0 Å². The number of likely N-dealkylation sites (tertiary alicyclic amines) is 2. The van der Waals surface area contributed by atoms with Crippen LogP contribution < -0.4 is 32.3 Å². The summed E-state index contributed by atoms with van der Waals surface area (Å²) < 4.78 is 17.9. The highest BCUT2D eigenvalue weighted by Crippen LogP contribution is 2.43. The number of hydrogen-bond acceptors (Lipinski definition) is 16. The summed E-state index contributed by atoms with van der Waals surface area (Å²) in [6.45, 7) is 9.81. The third kappa shape index (κ3) is 19.5. The summed E-state index contributed by atoms with van der Waals surface area (Å²) in [6, 6.07) is 13.6. The second-order valence-corrected chi connectivity index (χ2v) is 25.3. The molecule has 4 aliphatic rings. The first-order chi connectivity index (χ1) is 44.7. The molecular formula is C68H96N12O13. The Labute approximate surface area is 545 Å². The Kier molecular flexibility index (Phi) is 27.4. The standard InChI is InChI=1S/C68H96N12O13/c1-9-43(4)60(53(91-7)39-57(84)78-36-17-22-52(78)62(92-8)44(5)64(86)75-51(63-70-33-18-34-71-63)37-45-19-12-10-13-20-45)77(6)58(85)40-72-67(89)61-47-26-29-49(38-47)80(61)68(90)93-41-46-24-27-48(28-25-46)73-65(87)50(21-16-32-69)74-66(88)59(42(2)3)76-54(81)23-14-11-15-35-79-55(82)30-31-56(79)83/h10,12-13,18-20,24-25,27-28,30-31,33-34,42-44,47,49-53,59-62H,9,11,14-17,21-23,26,29,32,35-41,69H2,1-8H3,(H,72,89)(H,73,87)(H,74,88)(H,75,86)(H,76,81). The molecule has 506 valence electrons. The number of carbonyl (C=O) groups excluding carboxylic acids is 10. The monoisotopic (exact) mass is 1290 g/mol. The molecule has 12 unspecified atom stereocenters. The average Bonchev–Trinajstić information content (AvgIpc) is 1.62. The highest BCUT2D eigenvalue weighted by atomic mass is 16.6. The maximum Gasteiger partial charge on any atom is 0.411 e. The van der Waals surface area contributed by atoms with Crippen molar-refractivity contribution >= 4 is 64.9 Å². The predicted octanol–water partition coefficient (Wildman–Crippen LogP) is 4.89. The van der Waals surface area contributed by atoms with Crippen molar-refractivity contribution in [3.05, 3.63) is 102 Å². The Balaban J connectivity index is 0.888. The molecule has 2 bridgehead atoms. The van der Waals surface area contributed by atoms with E-state index in [1.165, 1.54) is 29.1 Å². The molecule has 1 aliphatic carbocycles. The Morgan fingerprint density at radius 1 is 0.785 bits per heavy atom.